The number of hydrogen-bond donors (Lipinski definition) is 3. The van der Waals surface area contributed by atoms with Crippen LogP contribution in [-0.2, 0) is 29.1 Å². The Morgan fingerprint density at radius 1 is 1.05 bits per heavy atom. The number of anilines is 1. The fraction of sp³-hybridized carbons (Fsp3) is 0.489. The minimum absolute atomic E-state index is 0.0226. The largest absolute Gasteiger partial charge is 0.496 e. The highest BCUT2D eigenvalue weighted by atomic mass is 32.2. The van der Waals surface area contributed by atoms with E-state index in [9.17, 15) is 27.2 Å². The standard InChI is InChI=1S/C45H53FN6O8S2/c1-26(2)35-25-61-41(49-35)34-22-38(32-17-18-37(58-4)27(3)39(32)48-34)60-31-21-36-40(53)50-45(43(55)51-62(56,57)44(59-5)19-20-44)23-28(45)11-9-7-6-8-10-12-33(42(54)52(36)24-31)47-30-15-13-29(46)14-16-30/h9,11,13-18,22,25-26,28,31,33,36,47H,6-8,10,12,19-21,23-24H2,1-5H3,(H,50,53)(H,51,55)/b11-9-/t28-,31-,33+,36+,45-/m1/s1. The summed E-state index contributed by atoms with van der Waals surface area (Å²) in [5.41, 5.74) is 1.97. The van der Waals surface area contributed by atoms with E-state index >= 15 is 0 Å². The van der Waals surface area contributed by atoms with Gasteiger partial charge in [0.05, 0.1) is 24.9 Å². The van der Waals surface area contributed by atoms with Gasteiger partial charge in [0.1, 0.15) is 51.7 Å². The monoisotopic (exact) mass is 888 g/mol. The molecule has 330 valence electrons. The van der Waals surface area contributed by atoms with Crippen molar-refractivity contribution in [1.82, 2.24) is 24.9 Å². The van der Waals surface area contributed by atoms with E-state index < -0.39 is 62.2 Å². The Morgan fingerprint density at radius 3 is 2.52 bits per heavy atom. The maximum absolute atomic E-state index is 14.9. The van der Waals surface area contributed by atoms with Crippen LogP contribution >= 0.6 is 11.3 Å². The first kappa shape index (κ1) is 43.5. The second-order valence-corrected chi connectivity index (χ2v) is 19.9. The zero-order valence-electron chi connectivity index (χ0n) is 35.5. The highest BCUT2D eigenvalue weighted by Crippen LogP contribution is 2.48. The van der Waals surface area contributed by atoms with Crippen LogP contribution in [0.15, 0.2) is 60.0 Å². The smallest absolute Gasteiger partial charge is 0.265 e. The fourth-order valence-corrected chi connectivity index (χ4v) is 11.0. The lowest BCUT2D eigenvalue weighted by molar-refractivity contribution is -0.140. The maximum Gasteiger partial charge on any atom is 0.265 e. The molecular weight excluding hydrogens is 836 g/mol. The van der Waals surface area contributed by atoms with E-state index in [1.54, 1.807) is 19.2 Å². The second kappa shape index (κ2) is 17.2. The summed E-state index contributed by atoms with van der Waals surface area (Å²) in [5.74, 6) is -1.36. The molecule has 62 heavy (non-hydrogen) atoms. The van der Waals surface area contributed by atoms with Crippen LogP contribution < -0.4 is 24.8 Å². The van der Waals surface area contributed by atoms with Crippen LogP contribution in [-0.4, -0.2) is 90.4 Å². The summed E-state index contributed by atoms with van der Waals surface area (Å²) in [6.07, 6.45) is 7.31. The third-order valence-electron chi connectivity index (χ3n) is 12.6. The molecular formula is C45H53FN6O8S2. The SMILES string of the molecule is COc1ccc2c(O[C@@H]3C[C@H]4C(=O)N[C@]5(C(=O)NS(=O)(=O)C6(OC)CC6)C[C@H]5/C=C\CCCCC[C@H](Nc5ccc(F)cc5)C(=O)N4C3)cc(-c3nc(C(C)C)cs3)nc2c1C. The number of carbonyl (C=O) groups excluding carboxylic acids is 3. The zero-order chi connectivity index (χ0) is 44.0. The summed E-state index contributed by atoms with van der Waals surface area (Å²) in [6.45, 7) is 6.09. The Morgan fingerprint density at radius 2 is 1.82 bits per heavy atom. The average Bonchev–Trinajstić information content (AvgIpc) is 4.07. The van der Waals surface area contributed by atoms with E-state index in [0.29, 0.717) is 58.1 Å². The van der Waals surface area contributed by atoms with Crippen molar-refractivity contribution in [3.63, 3.8) is 0 Å². The highest BCUT2D eigenvalue weighted by molar-refractivity contribution is 7.91. The Kier molecular flexibility index (Phi) is 12.1. The van der Waals surface area contributed by atoms with Crippen molar-refractivity contribution in [1.29, 1.82) is 0 Å². The molecule has 4 aromatic rings. The zero-order valence-corrected chi connectivity index (χ0v) is 37.2. The predicted molar refractivity (Wildman–Crippen MR) is 234 cm³/mol. The normalized spacial score (nSPS) is 25.5. The first-order valence-corrected chi connectivity index (χ1v) is 23.6. The molecule has 5 atom stereocenters. The number of ether oxygens (including phenoxy) is 3. The summed E-state index contributed by atoms with van der Waals surface area (Å²) < 4.78 is 60.7. The molecule has 2 saturated carbocycles. The van der Waals surface area contributed by atoms with Gasteiger partial charge in [-0.3, -0.25) is 14.4 Å². The quantitative estimate of drug-likeness (QED) is 0.136. The summed E-state index contributed by atoms with van der Waals surface area (Å²) in [4.78, 5) is 53.6. The number of aryl methyl sites for hydroxylation is 1. The summed E-state index contributed by atoms with van der Waals surface area (Å²) in [5, 5.41) is 9.67. The van der Waals surface area contributed by atoms with Gasteiger partial charge in [0.15, 0.2) is 4.93 Å². The lowest BCUT2D eigenvalue weighted by Crippen LogP contribution is -2.58. The number of pyridine rings is 1. The molecule has 3 amide bonds. The van der Waals surface area contributed by atoms with Gasteiger partial charge in [0.2, 0.25) is 11.8 Å². The molecule has 8 rings (SSSR count). The van der Waals surface area contributed by atoms with Crippen molar-refractivity contribution in [2.45, 2.75) is 113 Å². The Balaban J connectivity index is 1.15. The summed E-state index contributed by atoms with van der Waals surface area (Å²) in [7, 11) is -1.34. The number of rotatable bonds is 11. The van der Waals surface area contributed by atoms with Crippen molar-refractivity contribution < 1.29 is 41.4 Å². The van der Waals surface area contributed by atoms with E-state index in [4.69, 9.17) is 24.2 Å². The van der Waals surface area contributed by atoms with E-state index in [1.807, 2.05) is 42.7 Å². The van der Waals surface area contributed by atoms with Crippen molar-refractivity contribution in [3.05, 3.63) is 77.1 Å². The van der Waals surface area contributed by atoms with Crippen LogP contribution in [0.1, 0.15) is 88.8 Å². The molecule has 3 fully saturated rings. The number of methoxy groups -OCH3 is 2. The molecule has 2 aromatic carbocycles. The summed E-state index contributed by atoms with van der Waals surface area (Å²) in [6, 6.07) is 9.44. The van der Waals surface area contributed by atoms with Crippen LogP contribution in [0.2, 0.25) is 0 Å². The number of nitrogens with zero attached hydrogens (tertiary/aromatic N) is 3. The van der Waals surface area contributed by atoms with Gasteiger partial charge in [-0.1, -0.05) is 38.8 Å². The Bertz CT molecular complexity index is 2510. The number of benzene rings is 2. The Hall–Kier alpha value is -5.13. The van der Waals surface area contributed by atoms with Crippen molar-refractivity contribution in [2.24, 2.45) is 5.92 Å². The van der Waals surface area contributed by atoms with Crippen LogP contribution in [0, 0.1) is 18.7 Å². The van der Waals surface area contributed by atoms with Gasteiger partial charge in [0, 0.05) is 47.5 Å². The number of nitrogens with one attached hydrogen (secondary N) is 3. The van der Waals surface area contributed by atoms with Crippen molar-refractivity contribution >= 4 is 55.7 Å². The topological polar surface area (TPSA) is 178 Å². The maximum atomic E-state index is 14.9. The first-order valence-electron chi connectivity index (χ1n) is 21.2. The number of sulfonamides is 1. The number of carbonyl (C=O) groups is 3. The number of amides is 3. The van der Waals surface area contributed by atoms with Gasteiger partial charge >= 0.3 is 0 Å². The molecule has 2 aliphatic heterocycles. The molecule has 0 bridgehead atoms. The van der Waals surface area contributed by atoms with Crippen LogP contribution in [0.5, 0.6) is 11.5 Å². The third kappa shape index (κ3) is 8.50. The summed E-state index contributed by atoms with van der Waals surface area (Å²) >= 11 is 1.48. The van der Waals surface area contributed by atoms with E-state index in [2.05, 4.69) is 29.2 Å². The molecule has 0 spiro atoms. The third-order valence-corrected chi connectivity index (χ3v) is 15.5. The molecule has 4 heterocycles. The predicted octanol–water partition coefficient (Wildman–Crippen LogP) is 6.74. The minimum atomic E-state index is -4.23. The van der Waals surface area contributed by atoms with Gasteiger partial charge in [-0.2, -0.15) is 0 Å². The molecule has 0 radical (unpaired) electrons. The van der Waals surface area contributed by atoms with Gasteiger partial charge in [-0.15, -0.1) is 11.3 Å². The molecule has 14 nitrogen and oxygen atoms in total. The number of thiazole rings is 1. The minimum Gasteiger partial charge on any atom is -0.496 e. The van der Waals surface area contributed by atoms with Gasteiger partial charge in [-0.25, -0.2) is 27.5 Å². The molecule has 2 aromatic heterocycles. The van der Waals surface area contributed by atoms with Crippen LogP contribution in [0.4, 0.5) is 10.1 Å². The first-order chi connectivity index (χ1) is 29.7. The van der Waals surface area contributed by atoms with Crippen LogP contribution in [0.3, 0.4) is 0 Å². The number of allylic oxidation sites excluding steroid dienone is 1. The van der Waals surface area contributed by atoms with Crippen LogP contribution in [0.25, 0.3) is 21.6 Å². The lowest BCUT2D eigenvalue weighted by atomic mass is 10.0. The average molecular weight is 889 g/mol. The van der Waals surface area contributed by atoms with Crippen molar-refractivity contribution in [3.8, 4) is 22.2 Å². The molecule has 17 heteroatoms. The lowest BCUT2D eigenvalue weighted by Gasteiger charge is -2.30. The molecule has 2 aliphatic carbocycles. The number of halogens is 1. The second-order valence-electron chi connectivity index (χ2n) is 17.1. The molecule has 1 saturated heterocycles. The van der Waals surface area contributed by atoms with E-state index in [-0.39, 0.29) is 44.1 Å². The Labute approximate surface area is 365 Å². The van der Waals surface area contributed by atoms with Gasteiger partial charge < -0.3 is 29.7 Å². The molecule has 0 unspecified atom stereocenters. The van der Waals surface area contributed by atoms with Crippen molar-refractivity contribution in [2.75, 3.05) is 26.1 Å². The number of aromatic nitrogens is 2. The fourth-order valence-electron chi connectivity index (χ4n) is 8.56. The van der Waals surface area contributed by atoms with E-state index in [0.717, 1.165) is 24.1 Å². The number of fused-ring (bicyclic) bond motifs is 3. The highest BCUT2D eigenvalue weighted by Gasteiger charge is 2.64. The molecule has 3 N–H and O–H groups in total. The number of hydrogen-bond acceptors (Lipinski definition) is 12. The van der Waals surface area contributed by atoms with Gasteiger partial charge in [0.25, 0.3) is 15.9 Å². The van der Waals surface area contributed by atoms with Gasteiger partial charge in [-0.05, 0) is 87.8 Å². The molecule has 4 aliphatic rings. The van der Waals surface area contributed by atoms with E-state index in [1.165, 1.54) is 35.5 Å².